The van der Waals surface area contributed by atoms with Crippen LogP contribution in [0.5, 0.6) is 17.2 Å². The molecule has 0 spiro atoms. The summed E-state index contributed by atoms with van der Waals surface area (Å²) in [5, 5.41) is 17.2. The fraction of sp³-hybridized carbons (Fsp3) is 0.115. The monoisotopic (exact) mass is 741 g/mol. The first kappa shape index (κ1) is 27.3. The summed E-state index contributed by atoms with van der Waals surface area (Å²) >= 11 is 5.36. The van der Waals surface area contributed by atoms with Gasteiger partial charge < -0.3 is 19.3 Å². The number of methoxy groups -OCH3 is 2. The maximum atomic E-state index is 12.0. The first-order valence-corrected chi connectivity index (χ1v) is 13.8. The van der Waals surface area contributed by atoms with Gasteiger partial charge in [0.15, 0.2) is 5.82 Å². The van der Waals surface area contributed by atoms with Crippen LogP contribution in [0.2, 0.25) is 0 Å². The van der Waals surface area contributed by atoms with E-state index in [0.717, 1.165) is 35.8 Å². The zero-order valence-corrected chi connectivity index (χ0v) is 24.8. The Kier molecular flexibility index (Phi) is 9.32. The summed E-state index contributed by atoms with van der Waals surface area (Å²) in [6.45, 7) is 0.449. The Hall–Kier alpha value is -2.78. The third kappa shape index (κ3) is 7.17. The number of aromatic amines is 1. The highest BCUT2D eigenvalue weighted by atomic mass is 127. The lowest BCUT2D eigenvalue weighted by atomic mass is 10.2. The van der Waals surface area contributed by atoms with Crippen molar-refractivity contribution in [3.63, 3.8) is 0 Å². The predicted octanol–water partition coefficient (Wildman–Crippen LogP) is 6.49. The molecule has 3 aromatic carbocycles. The van der Waals surface area contributed by atoms with E-state index in [1.807, 2.05) is 42.5 Å². The van der Waals surface area contributed by atoms with Crippen LogP contribution in [-0.4, -0.2) is 40.5 Å². The summed E-state index contributed by atoms with van der Waals surface area (Å²) in [5.74, 6) is 1.36. The maximum absolute atomic E-state index is 12.0. The average molecular weight is 741 g/mol. The lowest BCUT2D eigenvalue weighted by Gasteiger charge is -2.12. The number of carboxylic acids is 1. The van der Waals surface area contributed by atoms with Crippen LogP contribution >= 0.6 is 56.9 Å². The number of H-pyrrole nitrogens is 1. The van der Waals surface area contributed by atoms with E-state index in [0.29, 0.717) is 29.5 Å². The van der Waals surface area contributed by atoms with Crippen LogP contribution in [0, 0.1) is 7.14 Å². The number of hydrogen-bond donors (Lipinski definition) is 2. The third-order valence-corrected chi connectivity index (χ3v) is 7.53. The largest absolute Gasteiger partial charge is 0.497 e. The minimum atomic E-state index is -1.08. The highest BCUT2D eigenvalue weighted by molar-refractivity contribution is 14.1. The van der Waals surface area contributed by atoms with Gasteiger partial charge in [-0.1, -0.05) is 30.3 Å². The fourth-order valence-electron chi connectivity index (χ4n) is 3.28. The standard InChI is InChI=1S/C26H21I2N3O5S/c1-34-18-11-17(12-19(13-18)35-2)24-29-26(31-30-24)37-22(25(32)33)10-16-8-20(27)23(21(28)9-16)36-14-15-6-4-3-5-7-15/h3-13H,14H2,1-2H3,(H,32,33)(H,29,30,31)/b22-10-. The molecule has 0 aliphatic heterocycles. The Labute approximate surface area is 245 Å². The number of aliphatic carboxylic acids is 1. The first-order chi connectivity index (χ1) is 17.9. The molecule has 0 radical (unpaired) electrons. The minimum Gasteiger partial charge on any atom is -0.497 e. The first-order valence-electron chi connectivity index (χ1n) is 10.8. The van der Waals surface area contributed by atoms with Crippen LogP contribution in [0.3, 0.4) is 0 Å². The summed E-state index contributed by atoms with van der Waals surface area (Å²) in [7, 11) is 3.13. The molecular weight excluding hydrogens is 720 g/mol. The molecule has 190 valence electrons. The van der Waals surface area contributed by atoms with Gasteiger partial charge in [0.2, 0.25) is 5.16 Å². The van der Waals surface area contributed by atoms with Gasteiger partial charge >= 0.3 is 5.97 Å². The van der Waals surface area contributed by atoms with Crippen molar-refractivity contribution in [3.8, 4) is 28.6 Å². The molecule has 0 atom stereocenters. The topological polar surface area (TPSA) is 107 Å². The molecule has 0 saturated carbocycles. The van der Waals surface area contributed by atoms with E-state index in [9.17, 15) is 9.90 Å². The number of carbonyl (C=O) groups is 1. The van der Waals surface area contributed by atoms with Crippen molar-refractivity contribution in [2.45, 2.75) is 11.8 Å². The van der Waals surface area contributed by atoms with Crippen LogP contribution in [0.1, 0.15) is 11.1 Å². The summed E-state index contributed by atoms with van der Waals surface area (Å²) in [4.78, 5) is 16.6. The molecule has 0 fully saturated rings. The van der Waals surface area contributed by atoms with Crippen molar-refractivity contribution in [3.05, 3.63) is 83.8 Å². The highest BCUT2D eigenvalue weighted by Crippen LogP contribution is 2.34. The van der Waals surface area contributed by atoms with Gasteiger partial charge in [-0.25, -0.2) is 9.78 Å². The Bertz CT molecular complexity index is 1400. The molecule has 37 heavy (non-hydrogen) atoms. The van der Waals surface area contributed by atoms with Crippen molar-refractivity contribution in [1.29, 1.82) is 0 Å². The normalized spacial score (nSPS) is 11.3. The van der Waals surface area contributed by atoms with E-state index in [4.69, 9.17) is 14.2 Å². The summed E-state index contributed by atoms with van der Waals surface area (Å²) < 4.78 is 18.4. The number of halogens is 2. The molecule has 11 heteroatoms. The molecule has 1 heterocycles. The zero-order chi connectivity index (χ0) is 26.4. The number of thioether (sulfide) groups is 1. The SMILES string of the molecule is COc1cc(OC)cc(-c2nc(S/C(=C\c3cc(I)c(OCc4ccccc4)c(I)c3)C(=O)O)n[nH]2)c1. The summed E-state index contributed by atoms with van der Waals surface area (Å²) in [6.07, 6.45) is 1.60. The number of aromatic nitrogens is 3. The van der Waals surface area contributed by atoms with E-state index in [2.05, 4.69) is 60.4 Å². The van der Waals surface area contributed by atoms with Crippen LogP contribution in [0.25, 0.3) is 17.5 Å². The number of hydrogen-bond acceptors (Lipinski definition) is 7. The van der Waals surface area contributed by atoms with E-state index >= 15 is 0 Å². The molecule has 0 aliphatic carbocycles. The summed E-state index contributed by atoms with van der Waals surface area (Å²) in [5.41, 5.74) is 2.51. The molecular formula is C26H21I2N3O5S. The average Bonchev–Trinajstić information content (AvgIpc) is 3.36. The number of ether oxygens (including phenoxy) is 3. The molecule has 2 N–H and O–H groups in total. The highest BCUT2D eigenvalue weighted by Gasteiger charge is 2.17. The van der Waals surface area contributed by atoms with Gasteiger partial charge in [0.1, 0.15) is 28.8 Å². The van der Waals surface area contributed by atoms with E-state index in [1.165, 1.54) is 0 Å². The van der Waals surface area contributed by atoms with Gasteiger partial charge in [0.05, 0.1) is 21.4 Å². The molecule has 0 bridgehead atoms. The quantitative estimate of drug-likeness (QED) is 0.108. The number of nitrogens with one attached hydrogen (secondary N) is 1. The van der Waals surface area contributed by atoms with Crippen molar-refractivity contribution in [2.24, 2.45) is 0 Å². The van der Waals surface area contributed by atoms with Crippen molar-refractivity contribution in [2.75, 3.05) is 14.2 Å². The molecule has 4 aromatic rings. The van der Waals surface area contributed by atoms with Gasteiger partial charge in [0, 0.05) is 11.6 Å². The van der Waals surface area contributed by atoms with Crippen molar-refractivity contribution >= 4 is 69.0 Å². The predicted molar refractivity (Wildman–Crippen MR) is 159 cm³/mol. The molecule has 8 nitrogen and oxygen atoms in total. The van der Waals surface area contributed by atoms with Crippen LogP contribution in [0.15, 0.2) is 70.7 Å². The fourth-order valence-corrected chi connectivity index (χ4v) is 6.12. The maximum Gasteiger partial charge on any atom is 0.342 e. The molecule has 0 amide bonds. The molecule has 0 aliphatic rings. The van der Waals surface area contributed by atoms with Gasteiger partial charge in [-0.2, -0.15) is 0 Å². The second-order valence-corrected chi connectivity index (χ2v) is 10.9. The lowest BCUT2D eigenvalue weighted by Crippen LogP contribution is -2.00. The van der Waals surface area contributed by atoms with Gasteiger partial charge in [-0.15, -0.1) is 5.10 Å². The van der Waals surface area contributed by atoms with E-state index in [-0.39, 0.29) is 10.1 Å². The van der Waals surface area contributed by atoms with Gasteiger partial charge in [0.25, 0.3) is 0 Å². The third-order valence-electron chi connectivity index (χ3n) is 5.05. The van der Waals surface area contributed by atoms with Gasteiger partial charge in [-0.05, 0) is 98.4 Å². The van der Waals surface area contributed by atoms with Gasteiger partial charge in [-0.3, -0.25) is 5.10 Å². The molecule has 4 rings (SSSR count). The van der Waals surface area contributed by atoms with E-state index < -0.39 is 5.97 Å². The number of nitrogens with zero attached hydrogens (tertiary/aromatic N) is 2. The second kappa shape index (κ2) is 12.6. The van der Waals surface area contributed by atoms with Crippen LogP contribution < -0.4 is 14.2 Å². The van der Waals surface area contributed by atoms with Crippen LogP contribution in [-0.2, 0) is 11.4 Å². The van der Waals surface area contributed by atoms with E-state index in [1.54, 1.807) is 38.5 Å². The second-order valence-electron chi connectivity index (χ2n) is 7.57. The van der Waals surface area contributed by atoms with Crippen LogP contribution in [0.4, 0.5) is 0 Å². The number of carboxylic acid groups (broad SMARTS) is 1. The number of rotatable bonds is 10. The Morgan fingerprint density at radius 2 is 1.68 bits per heavy atom. The zero-order valence-electron chi connectivity index (χ0n) is 19.7. The lowest BCUT2D eigenvalue weighted by molar-refractivity contribution is -0.131. The van der Waals surface area contributed by atoms with Crippen molar-refractivity contribution < 1.29 is 24.1 Å². The Morgan fingerprint density at radius 1 is 1.03 bits per heavy atom. The Balaban J connectivity index is 1.54. The molecule has 0 unspecified atom stereocenters. The summed E-state index contributed by atoms with van der Waals surface area (Å²) in [6, 6.07) is 19.0. The molecule has 0 saturated heterocycles. The Morgan fingerprint density at radius 3 is 2.27 bits per heavy atom. The molecule has 1 aromatic heterocycles. The minimum absolute atomic E-state index is 0.0818. The smallest absolute Gasteiger partial charge is 0.342 e. The van der Waals surface area contributed by atoms with Crippen molar-refractivity contribution in [1.82, 2.24) is 15.2 Å². The number of benzene rings is 3.